The maximum Gasteiger partial charge on any atom is 0.0667 e. The van der Waals surface area contributed by atoms with Gasteiger partial charge < -0.3 is 0 Å². The van der Waals surface area contributed by atoms with Gasteiger partial charge in [-0.2, -0.15) is 0 Å². The first-order valence-corrected chi connectivity index (χ1v) is 10.2. The molecule has 2 saturated heterocycles. The van der Waals surface area contributed by atoms with Crippen LogP contribution in [0, 0.1) is 11.8 Å². The summed E-state index contributed by atoms with van der Waals surface area (Å²) >= 11 is 3.83. The molecule has 7 atom stereocenters. The Morgan fingerprint density at radius 3 is 2.77 bits per heavy atom. The molecule has 4 nitrogen and oxygen atoms in total. The SMILES string of the molecule is CN1C2CCCCC2C2C(NC3CCCC(Br)C3)NCNC21. The lowest BCUT2D eigenvalue weighted by atomic mass is 9.77. The van der Waals surface area contributed by atoms with Crippen LogP contribution in [0.15, 0.2) is 0 Å². The molecule has 126 valence electrons. The average molecular weight is 371 g/mol. The van der Waals surface area contributed by atoms with E-state index in [9.17, 15) is 0 Å². The summed E-state index contributed by atoms with van der Waals surface area (Å²) in [5, 5.41) is 11.5. The van der Waals surface area contributed by atoms with Crippen molar-refractivity contribution in [1.29, 1.82) is 0 Å². The van der Waals surface area contributed by atoms with Crippen LogP contribution in [0.5, 0.6) is 0 Å². The van der Waals surface area contributed by atoms with E-state index in [1.807, 2.05) is 0 Å². The van der Waals surface area contributed by atoms with E-state index >= 15 is 0 Å². The van der Waals surface area contributed by atoms with Gasteiger partial charge in [0.25, 0.3) is 0 Å². The quantitative estimate of drug-likeness (QED) is 0.651. The second-order valence-electron chi connectivity index (χ2n) is 7.89. The fraction of sp³-hybridized carbons (Fsp3) is 1.00. The molecule has 7 unspecified atom stereocenters. The van der Waals surface area contributed by atoms with Crippen molar-refractivity contribution in [1.82, 2.24) is 20.9 Å². The van der Waals surface area contributed by atoms with Crippen molar-refractivity contribution in [2.24, 2.45) is 11.8 Å². The minimum Gasteiger partial charge on any atom is -0.299 e. The number of hydrogen-bond acceptors (Lipinski definition) is 4. The Kier molecular flexibility index (Phi) is 4.80. The van der Waals surface area contributed by atoms with E-state index in [1.54, 1.807) is 0 Å². The summed E-state index contributed by atoms with van der Waals surface area (Å²) in [4.78, 5) is 3.36. The fourth-order valence-electron chi connectivity index (χ4n) is 5.63. The number of alkyl halides is 1. The minimum absolute atomic E-state index is 0.490. The Hall–Kier alpha value is 0.320. The zero-order valence-corrected chi connectivity index (χ0v) is 15.3. The number of hydrogen-bond donors (Lipinski definition) is 3. The van der Waals surface area contributed by atoms with Crippen LogP contribution in [0.3, 0.4) is 0 Å². The van der Waals surface area contributed by atoms with Crippen LogP contribution in [-0.4, -0.2) is 47.9 Å². The van der Waals surface area contributed by atoms with Crippen LogP contribution >= 0.6 is 15.9 Å². The van der Waals surface area contributed by atoms with Crippen molar-refractivity contribution >= 4 is 15.9 Å². The fourth-order valence-corrected chi connectivity index (χ4v) is 6.41. The van der Waals surface area contributed by atoms with E-state index in [4.69, 9.17) is 0 Å². The van der Waals surface area contributed by atoms with E-state index in [1.165, 1.54) is 51.4 Å². The monoisotopic (exact) mass is 370 g/mol. The molecule has 0 aromatic heterocycles. The Morgan fingerprint density at radius 2 is 1.91 bits per heavy atom. The van der Waals surface area contributed by atoms with Crippen LogP contribution in [0.25, 0.3) is 0 Å². The minimum atomic E-state index is 0.490. The topological polar surface area (TPSA) is 39.3 Å². The van der Waals surface area contributed by atoms with E-state index < -0.39 is 0 Å². The summed E-state index contributed by atoms with van der Waals surface area (Å²) in [5.41, 5.74) is 0. The second kappa shape index (κ2) is 6.67. The van der Waals surface area contributed by atoms with Gasteiger partial charge >= 0.3 is 0 Å². The van der Waals surface area contributed by atoms with Gasteiger partial charge in [0.05, 0.1) is 12.3 Å². The molecule has 4 aliphatic rings. The summed E-state index contributed by atoms with van der Waals surface area (Å²) in [6.07, 6.45) is 12.1. The first-order valence-electron chi connectivity index (χ1n) is 9.33. The highest BCUT2D eigenvalue weighted by atomic mass is 79.9. The van der Waals surface area contributed by atoms with Crippen LogP contribution in [0.4, 0.5) is 0 Å². The molecule has 22 heavy (non-hydrogen) atoms. The Labute approximate surface area is 143 Å². The summed E-state index contributed by atoms with van der Waals surface area (Å²) in [6, 6.07) is 1.48. The van der Waals surface area contributed by atoms with Gasteiger partial charge in [-0.25, -0.2) is 0 Å². The van der Waals surface area contributed by atoms with Crippen LogP contribution in [0.1, 0.15) is 51.4 Å². The largest absolute Gasteiger partial charge is 0.299 e. The maximum absolute atomic E-state index is 4.01. The van der Waals surface area contributed by atoms with Crippen LogP contribution in [0.2, 0.25) is 0 Å². The molecule has 2 heterocycles. The van der Waals surface area contributed by atoms with Crippen LogP contribution < -0.4 is 16.0 Å². The normalized spacial score (nSPS) is 49.6. The highest BCUT2D eigenvalue weighted by Gasteiger charge is 2.52. The van der Waals surface area contributed by atoms with Crippen molar-refractivity contribution in [2.45, 2.75) is 80.6 Å². The highest BCUT2D eigenvalue weighted by Crippen LogP contribution is 2.44. The number of likely N-dealkylation sites (tertiary alicyclic amines) is 1. The zero-order valence-electron chi connectivity index (χ0n) is 13.7. The molecule has 0 aromatic carbocycles. The van der Waals surface area contributed by atoms with Gasteiger partial charge in [0.1, 0.15) is 0 Å². The van der Waals surface area contributed by atoms with Crippen molar-refractivity contribution in [2.75, 3.05) is 13.7 Å². The van der Waals surface area contributed by atoms with E-state index in [2.05, 4.69) is 43.8 Å². The lowest BCUT2D eigenvalue weighted by Gasteiger charge is -2.42. The second-order valence-corrected chi connectivity index (χ2v) is 9.19. The molecule has 0 spiro atoms. The molecule has 2 aliphatic heterocycles. The Balaban J connectivity index is 1.47. The van der Waals surface area contributed by atoms with Gasteiger partial charge in [-0.3, -0.25) is 20.9 Å². The van der Waals surface area contributed by atoms with Crippen molar-refractivity contribution in [3.8, 4) is 0 Å². The molecule has 0 amide bonds. The van der Waals surface area contributed by atoms with Gasteiger partial charge in [-0.1, -0.05) is 35.2 Å². The molecule has 4 fully saturated rings. The molecule has 2 aliphatic carbocycles. The van der Waals surface area contributed by atoms with Gasteiger partial charge in [0.15, 0.2) is 0 Å². The molecule has 3 N–H and O–H groups in total. The number of halogens is 1. The molecular formula is C17H31BrN4. The highest BCUT2D eigenvalue weighted by molar-refractivity contribution is 9.09. The molecule has 4 rings (SSSR count). The van der Waals surface area contributed by atoms with Gasteiger partial charge in [0.2, 0.25) is 0 Å². The summed E-state index contributed by atoms with van der Waals surface area (Å²) in [6.45, 7) is 0.938. The number of nitrogens with zero attached hydrogens (tertiary/aromatic N) is 1. The first-order chi connectivity index (χ1) is 10.7. The number of nitrogens with one attached hydrogen (secondary N) is 3. The van der Waals surface area contributed by atoms with E-state index in [0.717, 1.165) is 24.5 Å². The molecule has 0 bridgehead atoms. The number of fused-ring (bicyclic) bond motifs is 3. The smallest absolute Gasteiger partial charge is 0.0667 e. The Bertz CT molecular complexity index is 393. The lowest BCUT2D eigenvalue weighted by Crippen LogP contribution is -2.65. The molecule has 5 heteroatoms. The predicted octanol–water partition coefficient (Wildman–Crippen LogP) is 2.20. The molecule has 2 saturated carbocycles. The van der Waals surface area contributed by atoms with Crippen molar-refractivity contribution < 1.29 is 0 Å². The van der Waals surface area contributed by atoms with Gasteiger partial charge in [-0.05, 0) is 45.1 Å². The van der Waals surface area contributed by atoms with E-state index in [0.29, 0.717) is 23.2 Å². The standard InChI is InChI=1S/C17H31BrN4/c1-22-14-8-3-2-7-13(14)15-16(19-10-20-17(15)22)21-12-6-4-5-11(18)9-12/h11-17,19-21H,2-10H2,1H3. The van der Waals surface area contributed by atoms with Crippen LogP contribution in [-0.2, 0) is 0 Å². The first kappa shape index (κ1) is 15.8. The third-order valence-corrected chi connectivity index (χ3v) is 7.48. The van der Waals surface area contributed by atoms with Crippen molar-refractivity contribution in [3.05, 3.63) is 0 Å². The molecule has 0 aromatic rings. The summed E-state index contributed by atoms with van der Waals surface area (Å²) in [7, 11) is 2.35. The number of rotatable bonds is 2. The maximum atomic E-state index is 4.01. The predicted molar refractivity (Wildman–Crippen MR) is 93.8 cm³/mol. The lowest BCUT2D eigenvalue weighted by molar-refractivity contribution is 0.107. The molecule has 0 radical (unpaired) electrons. The van der Waals surface area contributed by atoms with Gasteiger partial charge in [-0.15, -0.1) is 0 Å². The summed E-state index contributed by atoms with van der Waals surface area (Å²) in [5.74, 6) is 1.59. The third-order valence-electron chi connectivity index (χ3n) is 6.65. The van der Waals surface area contributed by atoms with E-state index in [-0.39, 0.29) is 0 Å². The zero-order chi connectivity index (χ0) is 15.1. The Morgan fingerprint density at radius 1 is 1.05 bits per heavy atom. The van der Waals surface area contributed by atoms with Gasteiger partial charge in [0, 0.05) is 29.5 Å². The average Bonchev–Trinajstić information content (AvgIpc) is 2.82. The summed E-state index contributed by atoms with van der Waals surface area (Å²) < 4.78 is 0. The molecular weight excluding hydrogens is 340 g/mol. The van der Waals surface area contributed by atoms with Crippen molar-refractivity contribution in [3.63, 3.8) is 0 Å². The third kappa shape index (κ3) is 2.88.